The summed E-state index contributed by atoms with van der Waals surface area (Å²) in [4.78, 5) is 4.36. The molecule has 6 heteroatoms. The first kappa shape index (κ1) is 17.4. The lowest BCUT2D eigenvalue weighted by atomic mass is 10.1. The number of pyridine rings is 1. The highest BCUT2D eigenvalue weighted by molar-refractivity contribution is 7.99. The van der Waals surface area contributed by atoms with Crippen LogP contribution in [0.15, 0.2) is 35.9 Å². The number of thioether (sulfide) groups is 1. The highest BCUT2D eigenvalue weighted by Crippen LogP contribution is 2.21. The maximum atomic E-state index is 6.04. The summed E-state index contributed by atoms with van der Waals surface area (Å²) in [6, 6.07) is 6.02. The van der Waals surface area contributed by atoms with Crippen LogP contribution in [0.1, 0.15) is 44.2 Å². The molecule has 0 N–H and O–H groups in total. The van der Waals surface area contributed by atoms with E-state index in [0.29, 0.717) is 6.10 Å². The number of hydrogen-bond donors (Lipinski definition) is 0. The number of ether oxygens (including phenoxy) is 1. The summed E-state index contributed by atoms with van der Waals surface area (Å²) in [6.45, 7) is 1.65. The molecule has 0 aromatic carbocycles. The average Bonchev–Trinajstić information content (AvgIpc) is 2.90. The average molecular weight is 347 g/mol. The van der Waals surface area contributed by atoms with Crippen LogP contribution in [-0.4, -0.2) is 38.2 Å². The zero-order valence-corrected chi connectivity index (χ0v) is 15.0. The maximum absolute atomic E-state index is 6.04. The molecule has 0 unspecified atom stereocenters. The molecule has 5 nitrogen and oxygen atoms in total. The minimum absolute atomic E-state index is 0.468. The van der Waals surface area contributed by atoms with E-state index in [1.807, 2.05) is 18.3 Å². The Bertz CT molecular complexity index is 582. The van der Waals surface area contributed by atoms with Gasteiger partial charge in [0.1, 0.15) is 6.33 Å². The van der Waals surface area contributed by atoms with Crippen LogP contribution in [0.5, 0.6) is 0 Å². The Balaban J connectivity index is 1.39. The molecule has 1 saturated carbocycles. The molecule has 0 saturated heterocycles. The van der Waals surface area contributed by atoms with Gasteiger partial charge in [-0.3, -0.25) is 4.98 Å². The first-order valence-electron chi connectivity index (χ1n) is 8.94. The van der Waals surface area contributed by atoms with Crippen LogP contribution in [0, 0.1) is 0 Å². The molecule has 1 fully saturated rings. The molecule has 24 heavy (non-hydrogen) atoms. The van der Waals surface area contributed by atoms with E-state index >= 15 is 0 Å². The predicted molar refractivity (Wildman–Crippen MR) is 96.1 cm³/mol. The molecule has 0 bridgehead atoms. The molecule has 130 valence electrons. The third kappa shape index (κ3) is 5.60. The Kier molecular flexibility index (Phi) is 7.11. The van der Waals surface area contributed by atoms with Crippen molar-refractivity contribution in [3.63, 3.8) is 0 Å². The van der Waals surface area contributed by atoms with Crippen molar-refractivity contribution < 1.29 is 4.74 Å². The topological polar surface area (TPSA) is 52.8 Å². The van der Waals surface area contributed by atoms with Gasteiger partial charge in [-0.1, -0.05) is 43.5 Å². The lowest BCUT2D eigenvalue weighted by Crippen LogP contribution is -2.13. The van der Waals surface area contributed by atoms with Gasteiger partial charge < -0.3 is 9.30 Å². The smallest absolute Gasteiger partial charge is 0.191 e. The maximum Gasteiger partial charge on any atom is 0.191 e. The monoisotopic (exact) mass is 346 g/mol. The summed E-state index contributed by atoms with van der Waals surface area (Å²) in [5.74, 6) is 0.929. The molecule has 0 amide bonds. The summed E-state index contributed by atoms with van der Waals surface area (Å²) in [6.07, 6.45) is 12.8. The van der Waals surface area contributed by atoms with Gasteiger partial charge in [-0.2, -0.15) is 0 Å². The van der Waals surface area contributed by atoms with Crippen LogP contribution in [-0.2, 0) is 17.7 Å². The van der Waals surface area contributed by atoms with Crippen LogP contribution >= 0.6 is 11.8 Å². The molecule has 0 spiro atoms. The van der Waals surface area contributed by atoms with E-state index in [1.54, 1.807) is 18.1 Å². The second-order valence-corrected chi connectivity index (χ2v) is 7.27. The minimum atomic E-state index is 0.468. The van der Waals surface area contributed by atoms with Gasteiger partial charge in [0.25, 0.3) is 0 Å². The second kappa shape index (κ2) is 9.79. The van der Waals surface area contributed by atoms with Gasteiger partial charge in [0.2, 0.25) is 0 Å². The summed E-state index contributed by atoms with van der Waals surface area (Å²) >= 11 is 1.73. The third-order valence-electron chi connectivity index (χ3n) is 4.39. The number of nitrogens with zero attached hydrogens (tertiary/aromatic N) is 4. The number of rotatable bonds is 8. The number of hydrogen-bond acceptors (Lipinski definition) is 5. The van der Waals surface area contributed by atoms with Gasteiger partial charge in [-0.05, 0) is 25.0 Å². The van der Waals surface area contributed by atoms with Crippen molar-refractivity contribution in [2.24, 2.45) is 0 Å². The second-order valence-electron chi connectivity index (χ2n) is 6.21. The van der Waals surface area contributed by atoms with Crippen LogP contribution < -0.4 is 0 Å². The zero-order valence-electron chi connectivity index (χ0n) is 14.1. The highest BCUT2D eigenvalue weighted by atomic mass is 32.2. The van der Waals surface area contributed by atoms with Crippen molar-refractivity contribution in [3.8, 4) is 0 Å². The van der Waals surface area contributed by atoms with E-state index in [0.717, 1.165) is 36.2 Å². The van der Waals surface area contributed by atoms with Gasteiger partial charge in [0.05, 0.1) is 12.7 Å². The van der Waals surface area contributed by atoms with Crippen LogP contribution in [0.2, 0.25) is 0 Å². The SMILES string of the molecule is c1ccc(CCn2cnnc2SCCOC2CCCCCC2)nc1. The van der Waals surface area contributed by atoms with Gasteiger partial charge in [0.15, 0.2) is 5.16 Å². The Morgan fingerprint density at radius 2 is 2.04 bits per heavy atom. The molecule has 0 aliphatic heterocycles. The fraction of sp³-hybridized carbons (Fsp3) is 0.611. The molecule has 2 aromatic heterocycles. The number of aryl methyl sites for hydroxylation is 2. The summed E-state index contributed by atoms with van der Waals surface area (Å²) in [5, 5.41) is 9.24. The molecular weight excluding hydrogens is 320 g/mol. The van der Waals surface area contributed by atoms with Crippen molar-refractivity contribution in [3.05, 3.63) is 36.4 Å². The Labute approximate surface area is 148 Å². The molecule has 1 aliphatic carbocycles. The zero-order chi connectivity index (χ0) is 16.5. The largest absolute Gasteiger partial charge is 0.377 e. The summed E-state index contributed by atoms with van der Waals surface area (Å²) < 4.78 is 8.14. The molecule has 3 rings (SSSR count). The van der Waals surface area contributed by atoms with E-state index in [-0.39, 0.29) is 0 Å². The molecule has 2 aromatic rings. The lowest BCUT2D eigenvalue weighted by Gasteiger charge is -2.15. The van der Waals surface area contributed by atoms with Crippen molar-refractivity contribution >= 4 is 11.8 Å². The number of aromatic nitrogens is 4. The normalized spacial score (nSPS) is 16.2. The van der Waals surface area contributed by atoms with E-state index in [9.17, 15) is 0 Å². The predicted octanol–water partition coefficient (Wildman–Crippen LogP) is 3.75. The quantitative estimate of drug-likeness (QED) is 0.414. The van der Waals surface area contributed by atoms with E-state index in [2.05, 4.69) is 25.8 Å². The van der Waals surface area contributed by atoms with E-state index in [4.69, 9.17) is 4.74 Å². The van der Waals surface area contributed by atoms with Crippen molar-refractivity contribution in [1.82, 2.24) is 19.7 Å². The highest BCUT2D eigenvalue weighted by Gasteiger charge is 2.12. The first-order chi connectivity index (χ1) is 11.9. The van der Waals surface area contributed by atoms with Crippen molar-refractivity contribution in [2.45, 2.75) is 62.8 Å². The Morgan fingerprint density at radius 1 is 1.17 bits per heavy atom. The standard InChI is InChI=1S/C18H26N4OS/c1-2-4-9-17(8-3-1)23-13-14-24-18-21-20-15-22(18)12-10-16-7-5-6-11-19-16/h5-7,11,15,17H,1-4,8-10,12-14H2. The van der Waals surface area contributed by atoms with Crippen molar-refractivity contribution in [1.29, 1.82) is 0 Å². The fourth-order valence-electron chi connectivity index (χ4n) is 3.05. The molecule has 0 radical (unpaired) electrons. The molecule has 1 aliphatic rings. The summed E-state index contributed by atoms with van der Waals surface area (Å²) in [5.41, 5.74) is 1.10. The van der Waals surface area contributed by atoms with Crippen LogP contribution in [0.3, 0.4) is 0 Å². The fourth-order valence-corrected chi connectivity index (χ4v) is 3.82. The van der Waals surface area contributed by atoms with Crippen LogP contribution in [0.4, 0.5) is 0 Å². The van der Waals surface area contributed by atoms with E-state index in [1.165, 1.54) is 38.5 Å². The molecule has 0 atom stereocenters. The van der Waals surface area contributed by atoms with Gasteiger partial charge >= 0.3 is 0 Å². The van der Waals surface area contributed by atoms with Crippen molar-refractivity contribution in [2.75, 3.05) is 12.4 Å². The van der Waals surface area contributed by atoms with Crippen LogP contribution in [0.25, 0.3) is 0 Å². The summed E-state index contributed by atoms with van der Waals surface area (Å²) in [7, 11) is 0. The Hall–Kier alpha value is -1.40. The first-order valence-corrected chi connectivity index (χ1v) is 9.92. The third-order valence-corrected chi connectivity index (χ3v) is 5.33. The lowest BCUT2D eigenvalue weighted by molar-refractivity contribution is 0.0542. The van der Waals surface area contributed by atoms with Gasteiger partial charge in [0, 0.05) is 30.6 Å². The molecule has 2 heterocycles. The van der Waals surface area contributed by atoms with Gasteiger partial charge in [-0.15, -0.1) is 10.2 Å². The minimum Gasteiger partial charge on any atom is -0.377 e. The molecular formula is C18H26N4OS. The van der Waals surface area contributed by atoms with Gasteiger partial charge in [-0.25, -0.2) is 0 Å². The van der Waals surface area contributed by atoms with E-state index < -0.39 is 0 Å². The Morgan fingerprint density at radius 3 is 2.83 bits per heavy atom.